The molecule has 0 aliphatic carbocycles. The van der Waals surface area contributed by atoms with E-state index in [-0.39, 0.29) is 11.8 Å². The first-order valence-electron chi connectivity index (χ1n) is 20.3. The lowest BCUT2D eigenvalue weighted by Gasteiger charge is -2.31. The summed E-state index contributed by atoms with van der Waals surface area (Å²) in [4.78, 5) is 0. The fourth-order valence-corrected chi connectivity index (χ4v) is 7.90. The molecule has 6 nitrogen and oxygen atoms in total. The van der Waals surface area contributed by atoms with Crippen LogP contribution < -0.4 is 18.9 Å². The van der Waals surface area contributed by atoms with Gasteiger partial charge < -0.3 is 28.4 Å². The van der Waals surface area contributed by atoms with Crippen LogP contribution in [-0.4, -0.2) is 35.5 Å². The Balaban J connectivity index is 1.29. The predicted octanol–water partition coefficient (Wildman–Crippen LogP) is 13.4. The Morgan fingerprint density at radius 1 is 0.557 bits per heavy atom. The van der Waals surface area contributed by atoms with Crippen LogP contribution in [0.25, 0.3) is 21.5 Å². The topological polar surface area (TPSA) is 55.4 Å². The van der Waals surface area contributed by atoms with E-state index < -0.39 is 0 Å². The Morgan fingerprint density at radius 3 is 1.79 bits per heavy atom. The number of allylic oxidation sites excluding steroid dienone is 9. The Bertz CT molecular complexity index is 2590. The molecule has 0 heterocycles. The molecule has 0 amide bonds. The monoisotopic (exact) mass is 812 g/mol. The van der Waals surface area contributed by atoms with Gasteiger partial charge in [0.15, 0.2) is 0 Å². The first kappa shape index (κ1) is 43.7. The van der Waals surface area contributed by atoms with Crippen LogP contribution in [0.2, 0.25) is 0 Å². The molecule has 61 heavy (non-hydrogen) atoms. The number of benzene rings is 6. The van der Waals surface area contributed by atoms with Gasteiger partial charge in [0.05, 0.1) is 41.3 Å². The molecule has 312 valence electrons. The molecule has 0 aliphatic rings. The van der Waals surface area contributed by atoms with Crippen LogP contribution in [0.1, 0.15) is 53.5 Å². The summed E-state index contributed by atoms with van der Waals surface area (Å²) in [6.07, 6.45) is 12.4. The summed E-state index contributed by atoms with van der Waals surface area (Å²) in [5.41, 5.74) is 7.65. The molecule has 6 heteroatoms. The third-order valence-electron chi connectivity index (χ3n) is 11.2. The Kier molecular flexibility index (Phi) is 14.9. The zero-order valence-corrected chi connectivity index (χ0v) is 36.4. The van der Waals surface area contributed by atoms with E-state index in [2.05, 4.69) is 111 Å². The SMILES string of the molecule is C=C/C(=C\C=C(/C)C(c1ccc(OC)cc1)C(/C(C=C)=C/C=C(\C)OC)c1ccc(OCc2ccc3c(OC)c(Cc4ccc5ccccc5c4OC)ccc3c2)cc1)OC. The highest BCUT2D eigenvalue weighted by atomic mass is 16.5. The quantitative estimate of drug-likeness (QED) is 0.0600. The van der Waals surface area contributed by atoms with E-state index in [0.717, 1.165) is 89.3 Å². The van der Waals surface area contributed by atoms with Gasteiger partial charge in [-0.25, -0.2) is 0 Å². The molecule has 0 aromatic heterocycles. The molecule has 2 atom stereocenters. The van der Waals surface area contributed by atoms with Crippen molar-refractivity contribution in [3.8, 4) is 23.0 Å². The molecule has 6 rings (SSSR count). The Labute approximate surface area is 361 Å². The molecular weight excluding hydrogens is 757 g/mol. The standard InChI is InChI=1S/C55H56O6/c1-10-40(19-17-38(4)56-5)53(52(37(3)16-28-47(11-2)57-6)42-24-29-48(58-7)30-25-42)43-26-31-49(32-27-43)61-36-39-18-33-51-44(34-39)21-23-46(55(51)60-9)35-45-22-20-41-14-12-13-15-50(41)54(45)59-8/h10-34,52-53H,1-2,35-36H2,3-9H3/b37-16+,38-17+,40-19+,47-28+. The molecule has 0 saturated carbocycles. The van der Waals surface area contributed by atoms with Crippen LogP contribution in [0.3, 0.4) is 0 Å². The summed E-state index contributed by atoms with van der Waals surface area (Å²) in [6.45, 7) is 12.7. The second kappa shape index (κ2) is 20.9. The van der Waals surface area contributed by atoms with Gasteiger partial charge in [0, 0.05) is 29.0 Å². The lowest BCUT2D eigenvalue weighted by molar-refractivity contribution is 0.293. The number of hydrogen-bond acceptors (Lipinski definition) is 6. The summed E-state index contributed by atoms with van der Waals surface area (Å²) >= 11 is 0. The lowest BCUT2D eigenvalue weighted by atomic mass is 9.73. The van der Waals surface area contributed by atoms with Crippen LogP contribution in [0.5, 0.6) is 23.0 Å². The van der Waals surface area contributed by atoms with E-state index in [0.29, 0.717) is 18.8 Å². The second-order valence-electron chi connectivity index (χ2n) is 14.8. The van der Waals surface area contributed by atoms with Gasteiger partial charge in [-0.3, -0.25) is 0 Å². The van der Waals surface area contributed by atoms with Gasteiger partial charge in [-0.1, -0.05) is 122 Å². The summed E-state index contributed by atoms with van der Waals surface area (Å²) in [7, 11) is 8.47. The van der Waals surface area contributed by atoms with Gasteiger partial charge in [-0.2, -0.15) is 0 Å². The van der Waals surface area contributed by atoms with Crippen molar-refractivity contribution in [1.82, 2.24) is 0 Å². The van der Waals surface area contributed by atoms with Crippen LogP contribution in [0.15, 0.2) is 188 Å². The van der Waals surface area contributed by atoms with E-state index >= 15 is 0 Å². The minimum atomic E-state index is -0.122. The van der Waals surface area contributed by atoms with Gasteiger partial charge in [0.1, 0.15) is 35.4 Å². The molecule has 0 N–H and O–H groups in total. The highest BCUT2D eigenvalue weighted by Crippen LogP contribution is 2.45. The highest BCUT2D eigenvalue weighted by molar-refractivity contribution is 5.92. The highest BCUT2D eigenvalue weighted by Gasteiger charge is 2.29. The van der Waals surface area contributed by atoms with Crippen molar-refractivity contribution in [3.05, 3.63) is 215 Å². The largest absolute Gasteiger partial charge is 0.501 e. The molecule has 2 unspecified atom stereocenters. The molecule has 0 aliphatic heterocycles. The smallest absolute Gasteiger partial charge is 0.130 e. The summed E-state index contributed by atoms with van der Waals surface area (Å²) in [5.74, 6) is 4.59. The zero-order valence-electron chi connectivity index (χ0n) is 36.4. The number of ether oxygens (including phenoxy) is 6. The Morgan fingerprint density at radius 2 is 1.18 bits per heavy atom. The third kappa shape index (κ3) is 10.3. The van der Waals surface area contributed by atoms with Crippen molar-refractivity contribution < 1.29 is 28.4 Å². The van der Waals surface area contributed by atoms with Gasteiger partial charge >= 0.3 is 0 Å². The minimum absolute atomic E-state index is 0.0814. The molecule has 0 radical (unpaired) electrons. The van der Waals surface area contributed by atoms with Crippen LogP contribution in [0.4, 0.5) is 0 Å². The zero-order chi connectivity index (χ0) is 43.3. The minimum Gasteiger partial charge on any atom is -0.501 e. The van der Waals surface area contributed by atoms with E-state index in [4.69, 9.17) is 28.4 Å². The third-order valence-corrected chi connectivity index (χ3v) is 11.2. The lowest BCUT2D eigenvalue weighted by Crippen LogP contribution is -2.15. The second-order valence-corrected chi connectivity index (χ2v) is 14.8. The molecule has 0 bridgehead atoms. The maximum atomic E-state index is 6.42. The molecular formula is C55H56O6. The van der Waals surface area contributed by atoms with Crippen molar-refractivity contribution >= 4 is 21.5 Å². The number of hydrogen-bond donors (Lipinski definition) is 0. The van der Waals surface area contributed by atoms with Gasteiger partial charge in [0.25, 0.3) is 0 Å². The first-order valence-corrected chi connectivity index (χ1v) is 20.3. The molecule has 0 spiro atoms. The first-order chi connectivity index (χ1) is 29.7. The van der Waals surface area contributed by atoms with Crippen molar-refractivity contribution in [2.75, 3.05) is 35.5 Å². The van der Waals surface area contributed by atoms with Crippen LogP contribution >= 0.6 is 0 Å². The van der Waals surface area contributed by atoms with Crippen molar-refractivity contribution in [1.29, 1.82) is 0 Å². The fourth-order valence-electron chi connectivity index (χ4n) is 7.90. The Hall–Kier alpha value is -6.92. The van der Waals surface area contributed by atoms with Gasteiger partial charge in [0.2, 0.25) is 0 Å². The van der Waals surface area contributed by atoms with Gasteiger partial charge in [-0.15, -0.1) is 0 Å². The van der Waals surface area contributed by atoms with E-state index in [9.17, 15) is 0 Å². The number of rotatable bonds is 19. The van der Waals surface area contributed by atoms with E-state index in [1.807, 2.05) is 61.5 Å². The molecule has 6 aromatic carbocycles. The summed E-state index contributed by atoms with van der Waals surface area (Å²) in [6, 6.07) is 39.9. The normalized spacial score (nSPS) is 13.4. The van der Waals surface area contributed by atoms with E-state index in [1.165, 1.54) is 0 Å². The van der Waals surface area contributed by atoms with Crippen molar-refractivity contribution in [3.63, 3.8) is 0 Å². The van der Waals surface area contributed by atoms with E-state index in [1.54, 1.807) is 41.6 Å². The maximum absolute atomic E-state index is 6.42. The van der Waals surface area contributed by atoms with Gasteiger partial charge in [-0.05, 0) is 107 Å². The average molecular weight is 813 g/mol. The van der Waals surface area contributed by atoms with Crippen molar-refractivity contribution in [2.24, 2.45) is 0 Å². The molecule has 0 saturated heterocycles. The summed E-state index contributed by atoms with van der Waals surface area (Å²) in [5, 5.41) is 4.39. The number of methoxy groups -OCH3 is 5. The van der Waals surface area contributed by atoms with Crippen LogP contribution in [-0.2, 0) is 22.5 Å². The summed E-state index contributed by atoms with van der Waals surface area (Å²) < 4.78 is 34.9. The maximum Gasteiger partial charge on any atom is 0.130 e. The molecule has 6 aromatic rings. The predicted molar refractivity (Wildman–Crippen MR) is 251 cm³/mol. The fraction of sp³-hybridized carbons (Fsp3) is 0.200. The van der Waals surface area contributed by atoms with Crippen molar-refractivity contribution in [2.45, 2.75) is 38.7 Å². The number of fused-ring (bicyclic) bond motifs is 2. The van der Waals surface area contributed by atoms with Crippen LogP contribution in [0, 0.1) is 0 Å². The molecule has 0 fully saturated rings. The average Bonchev–Trinajstić information content (AvgIpc) is 3.30.